The van der Waals surface area contributed by atoms with Gasteiger partial charge in [0.2, 0.25) is 9.84 Å². The number of fused-ring (bicyclic) bond motifs is 3. The van der Waals surface area contributed by atoms with Crippen molar-refractivity contribution in [1.29, 1.82) is 0 Å². The Balaban J connectivity index is 1.99. The minimum atomic E-state index is -4.03. The van der Waals surface area contributed by atoms with E-state index in [4.69, 9.17) is 5.73 Å². The minimum Gasteiger partial charge on any atom is -0.381 e. The van der Waals surface area contributed by atoms with Crippen molar-refractivity contribution in [2.75, 3.05) is 12.3 Å². The molecule has 0 radical (unpaired) electrons. The van der Waals surface area contributed by atoms with Crippen molar-refractivity contribution in [1.82, 2.24) is 19.9 Å². The summed E-state index contributed by atoms with van der Waals surface area (Å²) in [6.45, 7) is 1.40. The Morgan fingerprint density at radius 1 is 1.33 bits per heavy atom. The number of hydrogen-bond donors (Lipinski definition) is 2. The molecule has 24 heavy (non-hydrogen) atoms. The van der Waals surface area contributed by atoms with E-state index in [1.165, 1.54) is 22.7 Å². The van der Waals surface area contributed by atoms with Gasteiger partial charge in [-0.3, -0.25) is 0 Å². The standard InChI is InChI=1S/C15H14FN5O2S/c16-10-2-1-3-11(6-10)24(22,23)13-14(17)20-21-12-4-5-18-7-9(12)8-19-15(13)21/h1-3,6,8,18H,4-5,7H2,(H2,17,20). The van der Waals surface area contributed by atoms with E-state index in [0.29, 0.717) is 13.0 Å². The van der Waals surface area contributed by atoms with Crippen molar-refractivity contribution in [2.24, 2.45) is 0 Å². The fraction of sp³-hybridized carbons (Fsp3) is 0.200. The third-order valence-electron chi connectivity index (χ3n) is 4.04. The Hall–Kier alpha value is -2.52. The highest BCUT2D eigenvalue weighted by Gasteiger charge is 2.29. The molecular formula is C15H14FN5O2S. The maximum absolute atomic E-state index is 13.4. The molecule has 0 unspecified atom stereocenters. The fourth-order valence-electron chi connectivity index (χ4n) is 2.92. The van der Waals surface area contributed by atoms with Crippen LogP contribution in [0.25, 0.3) is 5.65 Å². The van der Waals surface area contributed by atoms with E-state index >= 15 is 0 Å². The average Bonchev–Trinajstić information content (AvgIpc) is 2.92. The van der Waals surface area contributed by atoms with Gasteiger partial charge in [-0.15, -0.1) is 5.10 Å². The number of halogens is 1. The van der Waals surface area contributed by atoms with Crippen LogP contribution in [0.15, 0.2) is 40.3 Å². The van der Waals surface area contributed by atoms with Gasteiger partial charge in [-0.2, -0.15) is 0 Å². The largest absolute Gasteiger partial charge is 0.381 e. The molecule has 3 heterocycles. The van der Waals surface area contributed by atoms with E-state index in [9.17, 15) is 12.8 Å². The number of rotatable bonds is 2. The van der Waals surface area contributed by atoms with Gasteiger partial charge in [0.05, 0.1) is 10.6 Å². The van der Waals surface area contributed by atoms with Crippen LogP contribution in [-0.2, 0) is 22.8 Å². The second-order valence-corrected chi connectivity index (χ2v) is 7.45. The predicted octanol–water partition coefficient (Wildman–Crippen LogP) is 0.929. The number of benzene rings is 1. The molecular weight excluding hydrogens is 333 g/mol. The lowest BCUT2D eigenvalue weighted by atomic mass is 10.1. The SMILES string of the molecule is Nc1nn2c3c(cnc2c1S(=O)(=O)c1cccc(F)c1)CNCC3. The minimum absolute atomic E-state index is 0.140. The van der Waals surface area contributed by atoms with Crippen LogP contribution in [0.2, 0.25) is 0 Å². The Labute approximate surface area is 137 Å². The number of anilines is 1. The highest BCUT2D eigenvalue weighted by atomic mass is 32.2. The van der Waals surface area contributed by atoms with Crippen LogP contribution < -0.4 is 11.1 Å². The lowest BCUT2D eigenvalue weighted by Gasteiger charge is -2.17. The van der Waals surface area contributed by atoms with Crippen LogP contribution in [0.1, 0.15) is 11.3 Å². The van der Waals surface area contributed by atoms with Gasteiger partial charge >= 0.3 is 0 Å². The van der Waals surface area contributed by atoms with Gasteiger partial charge in [-0.05, 0) is 18.2 Å². The van der Waals surface area contributed by atoms with E-state index in [1.807, 2.05) is 0 Å². The van der Waals surface area contributed by atoms with Gasteiger partial charge in [-0.25, -0.2) is 22.3 Å². The summed E-state index contributed by atoms with van der Waals surface area (Å²) < 4.78 is 40.7. The smallest absolute Gasteiger partial charge is 0.214 e. The maximum atomic E-state index is 13.4. The third kappa shape index (κ3) is 2.16. The Morgan fingerprint density at radius 3 is 2.96 bits per heavy atom. The number of nitrogens with zero attached hydrogens (tertiary/aromatic N) is 3. The maximum Gasteiger partial charge on any atom is 0.214 e. The lowest BCUT2D eigenvalue weighted by molar-refractivity contribution is 0.591. The van der Waals surface area contributed by atoms with Gasteiger partial charge in [0.15, 0.2) is 16.4 Å². The van der Waals surface area contributed by atoms with Gasteiger partial charge < -0.3 is 11.1 Å². The second kappa shape index (κ2) is 5.25. The summed E-state index contributed by atoms with van der Waals surface area (Å²) in [4.78, 5) is 3.88. The molecule has 0 atom stereocenters. The predicted molar refractivity (Wildman–Crippen MR) is 84.7 cm³/mol. The third-order valence-corrected chi connectivity index (χ3v) is 5.85. The summed E-state index contributed by atoms with van der Waals surface area (Å²) in [5.74, 6) is -0.777. The van der Waals surface area contributed by atoms with Gasteiger partial charge in [0.25, 0.3) is 0 Å². The second-order valence-electron chi connectivity index (χ2n) is 5.57. The van der Waals surface area contributed by atoms with Crippen LogP contribution in [0.3, 0.4) is 0 Å². The monoisotopic (exact) mass is 347 g/mol. The first kappa shape index (κ1) is 15.0. The molecule has 1 aliphatic rings. The molecule has 0 spiro atoms. The quantitative estimate of drug-likeness (QED) is 0.715. The fourth-order valence-corrected chi connectivity index (χ4v) is 4.37. The van der Waals surface area contributed by atoms with Crippen LogP contribution in [0, 0.1) is 5.82 Å². The molecule has 124 valence electrons. The topological polar surface area (TPSA) is 102 Å². The molecule has 3 aromatic rings. The van der Waals surface area contributed by atoms with Crippen LogP contribution >= 0.6 is 0 Å². The zero-order valence-electron chi connectivity index (χ0n) is 12.5. The molecule has 3 N–H and O–H groups in total. The van der Waals surface area contributed by atoms with Crippen molar-refractivity contribution in [3.63, 3.8) is 0 Å². The van der Waals surface area contributed by atoms with Crippen molar-refractivity contribution in [2.45, 2.75) is 22.8 Å². The van der Waals surface area contributed by atoms with Crippen LogP contribution in [0.4, 0.5) is 10.2 Å². The molecule has 4 rings (SSSR count). The number of hydrogen-bond acceptors (Lipinski definition) is 6. The molecule has 1 aliphatic heterocycles. The van der Waals surface area contributed by atoms with Gasteiger partial charge in [0.1, 0.15) is 5.82 Å². The lowest BCUT2D eigenvalue weighted by Crippen LogP contribution is -2.26. The molecule has 0 bridgehead atoms. The number of aromatic nitrogens is 3. The highest BCUT2D eigenvalue weighted by Crippen LogP contribution is 2.30. The first-order chi connectivity index (χ1) is 11.5. The Kier molecular flexibility index (Phi) is 3.29. The molecule has 9 heteroatoms. The van der Waals surface area contributed by atoms with Gasteiger partial charge in [0, 0.05) is 31.3 Å². The Bertz CT molecular complexity index is 1060. The molecule has 2 aromatic heterocycles. The molecule has 1 aromatic carbocycles. The molecule has 0 amide bonds. The Morgan fingerprint density at radius 2 is 2.17 bits per heavy atom. The summed E-state index contributed by atoms with van der Waals surface area (Å²) in [7, 11) is -4.03. The average molecular weight is 347 g/mol. The number of nitrogens with one attached hydrogen (secondary N) is 1. The zero-order chi connectivity index (χ0) is 16.9. The van der Waals surface area contributed by atoms with Crippen molar-refractivity contribution in [3.05, 3.63) is 47.5 Å². The molecule has 0 aliphatic carbocycles. The van der Waals surface area contributed by atoms with Crippen molar-refractivity contribution < 1.29 is 12.8 Å². The van der Waals surface area contributed by atoms with E-state index in [0.717, 1.165) is 23.9 Å². The molecule has 0 fully saturated rings. The summed E-state index contributed by atoms with van der Waals surface area (Å²) in [5, 5.41) is 7.39. The van der Waals surface area contributed by atoms with Crippen molar-refractivity contribution >= 4 is 21.3 Å². The van der Waals surface area contributed by atoms with E-state index < -0.39 is 15.7 Å². The zero-order valence-corrected chi connectivity index (χ0v) is 13.3. The van der Waals surface area contributed by atoms with Crippen LogP contribution in [0.5, 0.6) is 0 Å². The van der Waals surface area contributed by atoms with Crippen LogP contribution in [-0.4, -0.2) is 29.6 Å². The summed E-state index contributed by atoms with van der Waals surface area (Å²) in [5.41, 5.74) is 7.88. The van der Waals surface area contributed by atoms with E-state index in [2.05, 4.69) is 15.4 Å². The summed E-state index contributed by atoms with van der Waals surface area (Å²) >= 11 is 0. The highest BCUT2D eigenvalue weighted by molar-refractivity contribution is 7.91. The van der Waals surface area contributed by atoms with E-state index in [-0.39, 0.29) is 21.3 Å². The number of sulfone groups is 1. The summed E-state index contributed by atoms with van der Waals surface area (Å²) in [6.07, 6.45) is 2.32. The molecule has 0 saturated carbocycles. The summed E-state index contributed by atoms with van der Waals surface area (Å²) in [6, 6.07) is 4.80. The normalized spacial score (nSPS) is 14.7. The molecule has 7 nitrogen and oxygen atoms in total. The number of nitrogen functional groups attached to an aromatic ring is 1. The van der Waals surface area contributed by atoms with Crippen molar-refractivity contribution in [3.8, 4) is 0 Å². The number of nitrogens with two attached hydrogens (primary N) is 1. The molecule has 0 saturated heterocycles. The van der Waals surface area contributed by atoms with Gasteiger partial charge in [-0.1, -0.05) is 6.07 Å². The van der Waals surface area contributed by atoms with E-state index in [1.54, 1.807) is 6.20 Å². The first-order valence-electron chi connectivity index (χ1n) is 7.35. The first-order valence-corrected chi connectivity index (χ1v) is 8.83.